The molecule has 0 unspecified atom stereocenters. The summed E-state index contributed by atoms with van der Waals surface area (Å²) in [6.07, 6.45) is 5.09. The molecular weight excluding hydrogens is 432 g/mol. The predicted molar refractivity (Wildman–Crippen MR) is 109 cm³/mol. The number of nitrogens with zero attached hydrogens (tertiary/aromatic N) is 1. The minimum absolute atomic E-state index is 0. The third-order valence-electron chi connectivity index (χ3n) is 4.68. The number of hydrogen-bond acceptors (Lipinski definition) is 2. The van der Waals surface area contributed by atoms with Crippen molar-refractivity contribution in [3.63, 3.8) is 0 Å². The highest BCUT2D eigenvalue weighted by Gasteiger charge is 2.38. The van der Waals surface area contributed by atoms with E-state index in [4.69, 9.17) is 4.42 Å². The van der Waals surface area contributed by atoms with Crippen LogP contribution in [-0.4, -0.2) is 19.0 Å². The third-order valence-corrected chi connectivity index (χ3v) is 4.68. The molecule has 0 atom stereocenters. The second-order valence-electron chi connectivity index (χ2n) is 6.27. The van der Waals surface area contributed by atoms with Gasteiger partial charge in [-0.05, 0) is 49.6 Å². The zero-order valence-electron chi connectivity index (χ0n) is 14.4. The second-order valence-corrected chi connectivity index (χ2v) is 6.27. The topological polar surface area (TPSA) is 49.6 Å². The van der Waals surface area contributed by atoms with Gasteiger partial charge in [-0.2, -0.15) is 0 Å². The Hall–Kier alpha value is -1.57. The van der Waals surface area contributed by atoms with Crippen molar-refractivity contribution >= 4 is 29.9 Å². The minimum Gasteiger partial charge on any atom is -0.467 e. The molecule has 3 rings (SSSR count). The van der Waals surface area contributed by atoms with Crippen molar-refractivity contribution in [2.24, 2.45) is 4.99 Å². The van der Waals surface area contributed by atoms with Crippen molar-refractivity contribution in [1.29, 1.82) is 0 Å². The molecule has 1 aliphatic rings. The van der Waals surface area contributed by atoms with E-state index in [0.717, 1.165) is 37.7 Å². The van der Waals surface area contributed by atoms with Crippen LogP contribution in [0.1, 0.15) is 37.5 Å². The Morgan fingerprint density at radius 1 is 1.20 bits per heavy atom. The lowest BCUT2D eigenvalue weighted by atomic mass is 9.64. The van der Waals surface area contributed by atoms with Gasteiger partial charge in [-0.25, -0.2) is 9.38 Å². The summed E-state index contributed by atoms with van der Waals surface area (Å²) in [5.74, 6) is 1.43. The lowest BCUT2D eigenvalue weighted by Crippen LogP contribution is -2.48. The van der Waals surface area contributed by atoms with Gasteiger partial charge in [0.2, 0.25) is 0 Å². The number of guanidine groups is 1. The summed E-state index contributed by atoms with van der Waals surface area (Å²) in [7, 11) is 0. The van der Waals surface area contributed by atoms with Gasteiger partial charge in [-0.3, -0.25) is 0 Å². The summed E-state index contributed by atoms with van der Waals surface area (Å²) in [6, 6.07) is 10.7. The first-order chi connectivity index (χ1) is 11.7. The van der Waals surface area contributed by atoms with Crippen LogP contribution >= 0.6 is 24.0 Å². The molecule has 0 radical (unpaired) electrons. The predicted octanol–water partition coefficient (Wildman–Crippen LogP) is 4.21. The van der Waals surface area contributed by atoms with Gasteiger partial charge in [0.25, 0.3) is 0 Å². The molecule has 2 aromatic rings. The average Bonchev–Trinajstić information content (AvgIpc) is 3.06. The maximum absolute atomic E-state index is 13.2. The molecule has 1 saturated carbocycles. The molecule has 6 heteroatoms. The Morgan fingerprint density at radius 2 is 1.96 bits per heavy atom. The van der Waals surface area contributed by atoms with Gasteiger partial charge in [-0.15, -0.1) is 24.0 Å². The molecule has 0 spiro atoms. The van der Waals surface area contributed by atoms with Gasteiger partial charge in [0, 0.05) is 18.5 Å². The van der Waals surface area contributed by atoms with E-state index in [9.17, 15) is 4.39 Å². The highest BCUT2D eigenvalue weighted by Crippen LogP contribution is 2.43. The van der Waals surface area contributed by atoms with Crippen LogP contribution < -0.4 is 10.6 Å². The Balaban J connectivity index is 0.00000225. The molecule has 136 valence electrons. The zero-order chi connectivity index (χ0) is 16.8. The van der Waals surface area contributed by atoms with E-state index in [0.29, 0.717) is 6.54 Å². The number of furan rings is 1. The molecule has 4 nitrogen and oxygen atoms in total. The molecule has 0 amide bonds. The fourth-order valence-corrected chi connectivity index (χ4v) is 3.13. The van der Waals surface area contributed by atoms with Crippen LogP contribution in [0.3, 0.4) is 0 Å². The van der Waals surface area contributed by atoms with Crippen molar-refractivity contribution in [1.82, 2.24) is 10.6 Å². The van der Waals surface area contributed by atoms with Crippen LogP contribution in [0.4, 0.5) is 4.39 Å². The van der Waals surface area contributed by atoms with Crippen molar-refractivity contribution in [2.45, 2.75) is 38.1 Å². The minimum atomic E-state index is -0.186. The smallest absolute Gasteiger partial charge is 0.191 e. The van der Waals surface area contributed by atoms with E-state index in [2.05, 4.69) is 15.6 Å². The second kappa shape index (κ2) is 9.22. The maximum atomic E-state index is 13.2. The van der Waals surface area contributed by atoms with Crippen LogP contribution in [-0.2, 0) is 12.0 Å². The molecule has 1 heterocycles. The van der Waals surface area contributed by atoms with Crippen LogP contribution in [0.2, 0.25) is 0 Å². The van der Waals surface area contributed by atoms with Crippen molar-refractivity contribution in [2.75, 3.05) is 13.1 Å². The van der Waals surface area contributed by atoms with Crippen molar-refractivity contribution in [3.8, 4) is 0 Å². The van der Waals surface area contributed by atoms with Gasteiger partial charge in [-0.1, -0.05) is 18.6 Å². The lowest BCUT2D eigenvalue weighted by molar-refractivity contribution is 0.243. The average molecular weight is 457 g/mol. The third kappa shape index (κ3) is 4.96. The number of hydrogen-bond donors (Lipinski definition) is 2. The van der Waals surface area contributed by atoms with Crippen LogP contribution in [0.15, 0.2) is 52.1 Å². The maximum Gasteiger partial charge on any atom is 0.191 e. The first-order valence-electron chi connectivity index (χ1n) is 8.52. The van der Waals surface area contributed by atoms with Crippen molar-refractivity contribution < 1.29 is 8.81 Å². The molecule has 0 bridgehead atoms. The molecular formula is C19H25FIN3O. The first-order valence-corrected chi connectivity index (χ1v) is 8.52. The SMILES string of the molecule is CCNC(=NCc1ccco1)NCC1(c2ccc(F)cc2)CCC1.I. The van der Waals surface area contributed by atoms with Crippen LogP contribution in [0.25, 0.3) is 0 Å². The number of rotatable bonds is 6. The van der Waals surface area contributed by atoms with Crippen LogP contribution in [0, 0.1) is 5.82 Å². The Bertz CT molecular complexity index is 666. The summed E-state index contributed by atoms with van der Waals surface area (Å²) >= 11 is 0. The Labute approximate surface area is 165 Å². The number of benzene rings is 1. The van der Waals surface area contributed by atoms with E-state index >= 15 is 0 Å². The standard InChI is InChI=1S/C19H24FN3O.HI/c1-2-21-18(22-13-17-5-3-12-24-17)23-14-19(10-4-11-19)15-6-8-16(20)9-7-15;/h3,5-9,12H,2,4,10-11,13-14H2,1H3,(H2,21,22,23);1H. The van der Waals surface area contributed by atoms with Crippen LogP contribution in [0.5, 0.6) is 0 Å². The Morgan fingerprint density at radius 3 is 2.52 bits per heavy atom. The summed E-state index contributed by atoms with van der Waals surface area (Å²) in [5, 5.41) is 6.71. The van der Waals surface area contributed by atoms with Gasteiger partial charge in [0.15, 0.2) is 5.96 Å². The fourth-order valence-electron chi connectivity index (χ4n) is 3.13. The molecule has 0 saturated heterocycles. The van der Waals surface area contributed by atoms with Gasteiger partial charge in [0.1, 0.15) is 18.1 Å². The molecule has 25 heavy (non-hydrogen) atoms. The van der Waals surface area contributed by atoms with E-state index in [1.54, 1.807) is 18.4 Å². The van der Waals surface area contributed by atoms with E-state index in [1.165, 1.54) is 12.0 Å². The van der Waals surface area contributed by atoms with Gasteiger partial charge < -0.3 is 15.1 Å². The molecule has 1 aliphatic carbocycles. The largest absolute Gasteiger partial charge is 0.467 e. The monoisotopic (exact) mass is 457 g/mol. The highest BCUT2D eigenvalue weighted by molar-refractivity contribution is 14.0. The molecule has 1 aromatic heterocycles. The van der Waals surface area contributed by atoms with Gasteiger partial charge >= 0.3 is 0 Å². The summed E-state index contributed by atoms with van der Waals surface area (Å²) in [5.41, 5.74) is 1.28. The lowest BCUT2D eigenvalue weighted by Gasteiger charge is -2.43. The quantitative estimate of drug-likeness (QED) is 0.388. The number of halogens is 2. The highest BCUT2D eigenvalue weighted by atomic mass is 127. The van der Waals surface area contributed by atoms with E-state index in [1.807, 2.05) is 31.2 Å². The summed E-state index contributed by atoms with van der Waals surface area (Å²) in [4.78, 5) is 4.57. The summed E-state index contributed by atoms with van der Waals surface area (Å²) in [6.45, 7) is 4.14. The molecule has 2 N–H and O–H groups in total. The summed E-state index contributed by atoms with van der Waals surface area (Å²) < 4.78 is 18.5. The normalized spacial score (nSPS) is 15.8. The van der Waals surface area contributed by atoms with E-state index in [-0.39, 0.29) is 35.2 Å². The molecule has 1 aromatic carbocycles. The Kier molecular flexibility index (Phi) is 7.28. The van der Waals surface area contributed by atoms with Gasteiger partial charge in [0.05, 0.1) is 6.26 Å². The first kappa shape index (κ1) is 19.8. The zero-order valence-corrected chi connectivity index (χ0v) is 16.8. The molecule has 0 aliphatic heterocycles. The van der Waals surface area contributed by atoms with Crippen molar-refractivity contribution in [3.05, 3.63) is 59.8 Å². The fraction of sp³-hybridized carbons (Fsp3) is 0.421. The van der Waals surface area contributed by atoms with E-state index < -0.39 is 0 Å². The molecule has 1 fully saturated rings. The number of nitrogens with one attached hydrogen (secondary N) is 2. The number of aliphatic imine (C=N–C) groups is 1.